The average molecular weight is 743 g/mol. The maximum Gasteiger partial charge on any atom is 0.272 e. The highest BCUT2D eigenvalue weighted by atomic mass is 35.5. The zero-order chi connectivity index (χ0) is 36.3. The maximum atomic E-state index is 13.8. The maximum absolute atomic E-state index is 13.8. The van der Waals surface area contributed by atoms with Crippen molar-refractivity contribution in [3.05, 3.63) is 118 Å². The molecule has 10 nitrogen and oxygen atoms in total. The number of hydrogen-bond acceptors (Lipinski definition) is 9. The molecule has 0 saturated carbocycles. The Morgan fingerprint density at radius 1 is 0.863 bits per heavy atom. The van der Waals surface area contributed by atoms with E-state index >= 15 is 0 Å². The van der Waals surface area contributed by atoms with Crippen LogP contribution in [0.5, 0.6) is 17.2 Å². The van der Waals surface area contributed by atoms with Crippen molar-refractivity contribution in [1.29, 1.82) is 0 Å². The molecule has 0 fully saturated rings. The highest BCUT2D eigenvalue weighted by molar-refractivity contribution is 8.00. The van der Waals surface area contributed by atoms with Crippen molar-refractivity contribution in [3.8, 4) is 28.5 Å². The topological polar surface area (TPSA) is 128 Å². The summed E-state index contributed by atoms with van der Waals surface area (Å²) >= 11 is 9.01. The number of nitrogens with one attached hydrogen (secondary N) is 3. The molecule has 1 heterocycles. The summed E-state index contributed by atoms with van der Waals surface area (Å²) in [6.07, 6.45) is 2.05. The first-order valence-corrected chi connectivity index (χ1v) is 17.8. The number of carbonyl (C=O) groups is 3. The van der Waals surface area contributed by atoms with Gasteiger partial charge in [-0.05, 0) is 55.0 Å². The number of benzene rings is 4. The standard InChI is InChI=1S/C38H35ClN4O6S2/c1-5-34(37(46)43-38-42-30(22-50-38)27-16-9-10-17-28(27)39)51-26-15-11-14-25(20-26)40-36(45)29(41-35(44)23-12-7-6-8-13-23)18-24-19-32(48-3)33(49-4)21-31(24)47-2/h6-22,34H,5H2,1-4H3,(H,40,45)(H,41,44)(H,42,43,46)/b29-18+. The molecule has 0 aliphatic rings. The number of carbonyl (C=O) groups excluding carboxylic acids is 3. The van der Waals surface area contributed by atoms with E-state index in [4.69, 9.17) is 25.8 Å². The molecule has 51 heavy (non-hydrogen) atoms. The number of hydrogen-bond donors (Lipinski definition) is 3. The van der Waals surface area contributed by atoms with Crippen molar-refractivity contribution < 1.29 is 28.6 Å². The quantitative estimate of drug-likeness (QED) is 0.0765. The van der Waals surface area contributed by atoms with Crippen LogP contribution in [-0.2, 0) is 9.59 Å². The number of amides is 3. The third kappa shape index (κ3) is 9.48. The number of anilines is 2. The fraction of sp³-hybridized carbons (Fsp3) is 0.158. The molecule has 1 unspecified atom stereocenters. The van der Waals surface area contributed by atoms with E-state index in [9.17, 15) is 14.4 Å². The van der Waals surface area contributed by atoms with Gasteiger partial charge in [-0.15, -0.1) is 23.1 Å². The third-order valence-corrected chi connectivity index (χ3v) is 9.93. The lowest BCUT2D eigenvalue weighted by molar-refractivity contribution is -0.116. The van der Waals surface area contributed by atoms with Gasteiger partial charge in [0.25, 0.3) is 11.8 Å². The summed E-state index contributed by atoms with van der Waals surface area (Å²) in [5, 5.41) is 11.0. The molecular weight excluding hydrogens is 708 g/mol. The molecule has 1 atom stereocenters. The second kappa shape index (κ2) is 17.6. The molecule has 262 valence electrons. The molecule has 5 aromatic rings. The molecule has 4 aromatic carbocycles. The number of ether oxygens (including phenoxy) is 3. The van der Waals surface area contributed by atoms with Gasteiger partial charge in [0.05, 0.1) is 32.3 Å². The molecule has 0 aliphatic carbocycles. The number of thiazole rings is 1. The molecule has 0 aliphatic heterocycles. The Bertz CT molecular complexity index is 2050. The van der Waals surface area contributed by atoms with E-state index < -0.39 is 17.1 Å². The van der Waals surface area contributed by atoms with Crippen molar-refractivity contribution in [2.45, 2.75) is 23.5 Å². The van der Waals surface area contributed by atoms with Crippen molar-refractivity contribution >= 4 is 69.3 Å². The van der Waals surface area contributed by atoms with E-state index in [1.807, 2.05) is 36.6 Å². The van der Waals surface area contributed by atoms with Gasteiger partial charge in [0.15, 0.2) is 16.6 Å². The Kier molecular flexibility index (Phi) is 12.7. The van der Waals surface area contributed by atoms with Crippen LogP contribution in [0.25, 0.3) is 17.3 Å². The van der Waals surface area contributed by atoms with Gasteiger partial charge in [-0.3, -0.25) is 14.4 Å². The van der Waals surface area contributed by atoms with E-state index in [1.165, 1.54) is 50.5 Å². The van der Waals surface area contributed by atoms with Crippen molar-refractivity contribution in [2.24, 2.45) is 0 Å². The highest BCUT2D eigenvalue weighted by Crippen LogP contribution is 2.36. The second-order valence-corrected chi connectivity index (χ2v) is 13.4. The molecule has 0 bridgehead atoms. The lowest BCUT2D eigenvalue weighted by Crippen LogP contribution is -2.30. The number of thioether (sulfide) groups is 1. The first-order valence-electron chi connectivity index (χ1n) is 15.7. The number of nitrogens with zero attached hydrogens (tertiary/aromatic N) is 1. The Morgan fingerprint density at radius 3 is 2.27 bits per heavy atom. The van der Waals surface area contributed by atoms with Gasteiger partial charge in [0.1, 0.15) is 11.4 Å². The van der Waals surface area contributed by atoms with Crippen LogP contribution in [0.1, 0.15) is 29.3 Å². The Hall–Kier alpha value is -5.30. The normalized spacial score (nSPS) is 11.7. The van der Waals surface area contributed by atoms with Crippen molar-refractivity contribution in [3.63, 3.8) is 0 Å². The first kappa shape index (κ1) is 37.0. The predicted molar refractivity (Wildman–Crippen MR) is 204 cm³/mol. The SMILES string of the molecule is CCC(Sc1cccc(NC(=O)/C(=C\c2cc(OC)c(OC)cc2OC)NC(=O)c2ccccc2)c1)C(=O)Nc1nc(-c2ccccc2Cl)cs1. The molecule has 5 rings (SSSR count). The number of aromatic nitrogens is 1. The van der Waals surface area contributed by atoms with Crippen LogP contribution in [0.3, 0.4) is 0 Å². The fourth-order valence-corrected chi connectivity index (χ4v) is 6.86. The van der Waals surface area contributed by atoms with Crippen LogP contribution in [0, 0.1) is 0 Å². The molecule has 1 aromatic heterocycles. The summed E-state index contributed by atoms with van der Waals surface area (Å²) < 4.78 is 16.4. The van der Waals surface area contributed by atoms with Crippen LogP contribution >= 0.6 is 34.7 Å². The van der Waals surface area contributed by atoms with Gasteiger partial charge in [-0.2, -0.15) is 0 Å². The summed E-state index contributed by atoms with van der Waals surface area (Å²) in [5.74, 6) is -0.0128. The monoisotopic (exact) mass is 742 g/mol. The van der Waals surface area contributed by atoms with Gasteiger partial charge in [0.2, 0.25) is 5.91 Å². The average Bonchev–Trinajstić information content (AvgIpc) is 3.61. The molecule has 13 heteroatoms. The first-order chi connectivity index (χ1) is 24.7. The van der Waals surface area contributed by atoms with Gasteiger partial charge in [0, 0.05) is 43.7 Å². The highest BCUT2D eigenvalue weighted by Gasteiger charge is 2.21. The second-order valence-electron chi connectivity index (χ2n) is 10.8. The molecular formula is C38H35ClN4O6S2. The Labute approximate surface area is 309 Å². The van der Waals surface area contributed by atoms with Crippen molar-refractivity contribution in [2.75, 3.05) is 32.0 Å². The number of methoxy groups -OCH3 is 3. The van der Waals surface area contributed by atoms with E-state index in [2.05, 4.69) is 20.9 Å². The molecule has 3 amide bonds. The largest absolute Gasteiger partial charge is 0.496 e. The molecule has 0 spiro atoms. The Morgan fingerprint density at radius 2 is 1.57 bits per heavy atom. The third-order valence-electron chi connectivity index (χ3n) is 7.48. The van der Waals surface area contributed by atoms with E-state index in [1.54, 1.807) is 66.7 Å². The summed E-state index contributed by atoms with van der Waals surface area (Å²) in [6, 6.07) is 26.4. The summed E-state index contributed by atoms with van der Waals surface area (Å²) in [5.41, 5.74) is 2.73. The van der Waals surface area contributed by atoms with Gasteiger partial charge in [-0.25, -0.2) is 4.98 Å². The lowest BCUT2D eigenvalue weighted by Gasteiger charge is -2.16. The zero-order valence-corrected chi connectivity index (χ0v) is 30.6. The molecule has 0 radical (unpaired) electrons. The van der Waals surface area contributed by atoms with Crippen LogP contribution in [0.4, 0.5) is 10.8 Å². The summed E-state index contributed by atoms with van der Waals surface area (Å²) in [6.45, 7) is 1.93. The van der Waals surface area contributed by atoms with E-state index in [-0.39, 0.29) is 11.6 Å². The number of rotatable bonds is 14. The fourth-order valence-electron chi connectivity index (χ4n) is 4.91. The van der Waals surface area contributed by atoms with E-state index in [0.717, 1.165) is 10.5 Å². The molecule has 0 saturated heterocycles. The minimum absolute atomic E-state index is 0.0437. The number of halogens is 1. The smallest absolute Gasteiger partial charge is 0.272 e. The minimum Gasteiger partial charge on any atom is -0.496 e. The van der Waals surface area contributed by atoms with Gasteiger partial charge < -0.3 is 30.2 Å². The van der Waals surface area contributed by atoms with Crippen LogP contribution in [0.2, 0.25) is 5.02 Å². The van der Waals surface area contributed by atoms with Crippen LogP contribution in [0.15, 0.2) is 107 Å². The van der Waals surface area contributed by atoms with Crippen LogP contribution < -0.4 is 30.2 Å². The van der Waals surface area contributed by atoms with Gasteiger partial charge >= 0.3 is 0 Å². The summed E-state index contributed by atoms with van der Waals surface area (Å²) in [7, 11) is 4.49. The summed E-state index contributed by atoms with van der Waals surface area (Å²) in [4.78, 5) is 45.6. The predicted octanol–water partition coefficient (Wildman–Crippen LogP) is 8.41. The van der Waals surface area contributed by atoms with Gasteiger partial charge in [-0.1, -0.05) is 61.0 Å². The Balaban J connectivity index is 1.34. The molecule has 3 N–H and O–H groups in total. The minimum atomic E-state index is -0.582. The lowest BCUT2D eigenvalue weighted by atomic mass is 10.1. The van der Waals surface area contributed by atoms with Crippen molar-refractivity contribution in [1.82, 2.24) is 10.3 Å². The zero-order valence-electron chi connectivity index (χ0n) is 28.2. The van der Waals surface area contributed by atoms with Crippen LogP contribution in [-0.4, -0.2) is 49.3 Å². The van der Waals surface area contributed by atoms with E-state index in [0.29, 0.717) is 56.3 Å².